The minimum absolute atomic E-state index is 0.609. The van der Waals surface area contributed by atoms with E-state index >= 15 is 0 Å². The van der Waals surface area contributed by atoms with Crippen molar-refractivity contribution < 1.29 is 0 Å². The summed E-state index contributed by atoms with van der Waals surface area (Å²) in [6.45, 7) is 0. The highest BCUT2D eigenvalue weighted by molar-refractivity contribution is 5.96. The lowest BCUT2D eigenvalue weighted by atomic mass is 9.86. The second-order valence-corrected chi connectivity index (χ2v) is 15.0. The third kappa shape index (κ3) is 7.68. The molecule has 0 unspecified atom stereocenters. The maximum absolute atomic E-state index is 9.75. The largest absolute Gasteiger partial charge is 0.192 e. The number of benzene rings is 8. The number of rotatable bonds is 9. The summed E-state index contributed by atoms with van der Waals surface area (Å²) < 4.78 is 0. The van der Waals surface area contributed by atoms with Gasteiger partial charge < -0.3 is 0 Å². The molecule has 10 rings (SSSR count). The van der Waals surface area contributed by atoms with E-state index in [9.17, 15) is 5.26 Å². The van der Waals surface area contributed by atoms with Gasteiger partial charge in [0.15, 0.2) is 0 Å². The van der Waals surface area contributed by atoms with Crippen molar-refractivity contribution in [3.8, 4) is 107 Å². The molecule has 10 aromatic rings. The summed E-state index contributed by atoms with van der Waals surface area (Å²) in [6.07, 6.45) is 0. The van der Waals surface area contributed by atoms with Crippen LogP contribution in [0.2, 0.25) is 0 Å². The van der Waals surface area contributed by atoms with Crippen molar-refractivity contribution in [2.24, 2.45) is 0 Å². The average molecular weight is 792 g/mol. The second kappa shape index (κ2) is 16.9. The fraction of sp³-hybridized carbons (Fsp3) is 0. The molecule has 0 N–H and O–H groups in total. The van der Waals surface area contributed by atoms with Gasteiger partial charge in [-0.1, -0.05) is 182 Å². The number of nitrogens with zero attached hydrogens (tertiary/aromatic N) is 5. The van der Waals surface area contributed by atoms with Gasteiger partial charge in [0.25, 0.3) is 0 Å². The van der Waals surface area contributed by atoms with E-state index in [1.54, 1.807) is 0 Å². The molecule has 0 spiro atoms. The van der Waals surface area contributed by atoms with Crippen LogP contribution in [-0.4, -0.2) is 20.4 Å². The Morgan fingerprint density at radius 3 is 1.08 bits per heavy atom. The Labute approximate surface area is 361 Å². The monoisotopic (exact) mass is 791 g/mol. The molecule has 0 atom stereocenters. The molecule has 0 aliphatic rings. The van der Waals surface area contributed by atoms with Crippen LogP contribution in [0.25, 0.3) is 101 Å². The van der Waals surface area contributed by atoms with Crippen LogP contribution in [0.15, 0.2) is 224 Å². The molecule has 0 bridgehead atoms. The zero-order valence-electron chi connectivity index (χ0n) is 33.6. The van der Waals surface area contributed by atoms with E-state index in [0.717, 1.165) is 89.5 Å². The second-order valence-electron chi connectivity index (χ2n) is 15.0. The number of aromatic nitrogens is 4. The van der Waals surface area contributed by atoms with Gasteiger partial charge in [0.2, 0.25) is 0 Å². The van der Waals surface area contributed by atoms with Crippen molar-refractivity contribution in [3.63, 3.8) is 0 Å². The molecule has 0 saturated heterocycles. The zero-order chi connectivity index (χ0) is 41.7. The van der Waals surface area contributed by atoms with E-state index in [4.69, 9.17) is 20.4 Å². The van der Waals surface area contributed by atoms with E-state index < -0.39 is 0 Å². The van der Waals surface area contributed by atoms with Crippen LogP contribution in [0.1, 0.15) is 5.56 Å². The molecule has 8 aromatic carbocycles. The van der Waals surface area contributed by atoms with Crippen LogP contribution in [-0.2, 0) is 0 Å². The predicted octanol–water partition coefficient (Wildman–Crippen LogP) is 14.1. The van der Waals surface area contributed by atoms with E-state index in [-0.39, 0.29) is 0 Å². The Morgan fingerprint density at radius 1 is 0.242 bits per heavy atom. The molecule has 2 heterocycles. The normalized spacial score (nSPS) is 10.9. The first kappa shape index (κ1) is 37.7. The fourth-order valence-corrected chi connectivity index (χ4v) is 8.02. The van der Waals surface area contributed by atoms with Crippen molar-refractivity contribution in [3.05, 3.63) is 230 Å². The molecule has 0 amide bonds. The Bertz CT molecular complexity index is 3190. The van der Waals surface area contributed by atoms with E-state index in [1.165, 1.54) is 11.1 Å². The highest BCUT2D eigenvalue weighted by Gasteiger charge is 2.19. The lowest BCUT2D eigenvalue weighted by Gasteiger charge is -2.18. The van der Waals surface area contributed by atoms with Crippen molar-refractivity contribution >= 4 is 0 Å². The first-order chi connectivity index (χ1) is 30.7. The average Bonchev–Trinajstić information content (AvgIpc) is 3.37. The molecule has 0 fully saturated rings. The van der Waals surface area contributed by atoms with Gasteiger partial charge in [0, 0.05) is 22.3 Å². The van der Waals surface area contributed by atoms with Crippen molar-refractivity contribution in [1.29, 1.82) is 5.26 Å². The maximum atomic E-state index is 9.75. The summed E-state index contributed by atoms with van der Waals surface area (Å²) in [5.74, 6) is 0. The zero-order valence-corrected chi connectivity index (χ0v) is 33.6. The Morgan fingerprint density at radius 2 is 0.597 bits per heavy atom. The maximum Gasteiger partial charge on any atom is 0.0991 e. The van der Waals surface area contributed by atoms with Crippen LogP contribution < -0.4 is 0 Å². The van der Waals surface area contributed by atoms with E-state index in [0.29, 0.717) is 5.56 Å². The summed E-state index contributed by atoms with van der Waals surface area (Å²) in [7, 11) is 0. The van der Waals surface area contributed by atoms with Gasteiger partial charge in [-0.3, -0.25) is 0 Å². The first-order valence-corrected chi connectivity index (χ1v) is 20.5. The van der Waals surface area contributed by atoms with Crippen molar-refractivity contribution in [1.82, 2.24) is 20.4 Å². The Hall–Kier alpha value is -8.59. The lowest BCUT2D eigenvalue weighted by Crippen LogP contribution is -1.96. The van der Waals surface area contributed by atoms with Gasteiger partial charge in [0.1, 0.15) is 0 Å². The summed E-state index contributed by atoms with van der Waals surface area (Å²) in [5, 5.41) is 28.8. The molecule has 0 aliphatic carbocycles. The Kier molecular flexibility index (Phi) is 10.3. The topological polar surface area (TPSA) is 75.3 Å². The molecule has 290 valence electrons. The van der Waals surface area contributed by atoms with Crippen molar-refractivity contribution in [2.45, 2.75) is 0 Å². The first-order valence-electron chi connectivity index (χ1n) is 20.5. The lowest BCUT2D eigenvalue weighted by molar-refractivity contribution is 1.04. The van der Waals surface area contributed by atoms with Gasteiger partial charge in [-0.25, -0.2) is 0 Å². The van der Waals surface area contributed by atoms with Crippen LogP contribution in [0.3, 0.4) is 0 Å². The van der Waals surface area contributed by atoms with E-state index in [2.05, 4.69) is 158 Å². The highest BCUT2D eigenvalue weighted by atomic mass is 15.1. The smallest absolute Gasteiger partial charge is 0.0991 e. The standard InChI is InChI=1S/C57H37N5/c58-38-39-12-11-17-46(36-39)47-30-31-50(48-18-7-9-20-51(48)56-34-32-54(59-61-56)44-26-22-42(23-27-44)40-13-3-1-4-14-40)53(37-47)49-19-8-10-21-52(49)57-35-33-55(60-62-57)45-28-24-43(25-29-45)41-15-5-2-6-16-41/h1-37H. The van der Waals surface area contributed by atoms with Gasteiger partial charge in [-0.05, 0) is 98.1 Å². The molecule has 0 radical (unpaired) electrons. The van der Waals surface area contributed by atoms with Crippen LogP contribution in [0, 0.1) is 11.3 Å². The Balaban J connectivity index is 1.03. The van der Waals surface area contributed by atoms with Crippen LogP contribution >= 0.6 is 0 Å². The van der Waals surface area contributed by atoms with Crippen LogP contribution in [0.4, 0.5) is 0 Å². The molecule has 5 heteroatoms. The van der Waals surface area contributed by atoms with Gasteiger partial charge >= 0.3 is 0 Å². The minimum Gasteiger partial charge on any atom is -0.192 e. The molecular weight excluding hydrogens is 755 g/mol. The third-order valence-corrected chi connectivity index (χ3v) is 11.2. The summed E-state index contributed by atoms with van der Waals surface area (Å²) >= 11 is 0. The van der Waals surface area contributed by atoms with Crippen LogP contribution in [0.5, 0.6) is 0 Å². The predicted molar refractivity (Wildman–Crippen MR) is 251 cm³/mol. The SMILES string of the molecule is N#Cc1cccc(-c2ccc(-c3ccccc3-c3ccc(-c4ccc(-c5ccccc5)cc4)nn3)c(-c3ccccc3-c3ccc(-c4ccc(-c5ccccc5)cc4)nn3)c2)c1. The molecule has 0 saturated carbocycles. The number of nitriles is 1. The van der Waals surface area contributed by atoms with Gasteiger partial charge in [-0.15, -0.1) is 20.4 Å². The highest BCUT2D eigenvalue weighted by Crippen LogP contribution is 2.43. The fourth-order valence-electron chi connectivity index (χ4n) is 8.02. The number of hydrogen-bond acceptors (Lipinski definition) is 5. The van der Waals surface area contributed by atoms with Crippen molar-refractivity contribution in [2.75, 3.05) is 0 Å². The summed E-state index contributed by atoms with van der Waals surface area (Å²) in [6, 6.07) is 79.0. The molecule has 2 aromatic heterocycles. The number of hydrogen-bond donors (Lipinski definition) is 0. The molecule has 5 nitrogen and oxygen atoms in total. The summed E-state index contributed by atoms with van der Waals surface area (Å²) in [4.78, 5) is 0. The molecular formula is C57H37N5. The van der Waals surface area contributed by atoms with Gasteiger partial charge in [-0.2, -0.15) is 5.26 Å². The molecule has 0 aliphatic heterocycles. The summed E-state index contributed by atoms with van der Waals surface area (Å²) in [5.41, 5.74) is 18.4. The quantitative estimate of drug-likeness (QED) is 0.145. The third-order valence-electron chi connectivity index (χ3n) is 11.2. The van der Waals surface area contributed by atoms with E-state index in [1.807, 2.05) is 72.8 Å². The minimum atomic E-state index is 0.609. The molecule has 62 heavy (non-hydrogen) atoms. The van der Waals surface area contributed by atoms with Gasteiger partial charge in [0.05, 0.1) is 34.4 Å².